The van der Waals surface area contributed by atoms with Gasteiger partial charge in [0.2, 0.25) is 0 Å². The van der Waals surface area contributed by atoms with Gasteiger partial charge in [0, 0.05) is 45.9 Å². The summed E-state index contributed by atoms with van der Waals surface area (Å²) in [5.41, 5.74) is -0.577. The summed E-state index contributed by atoms with van der Waals surface area (Å²) in [5, 5.41) is 9.76. The Morgan fingerprint density at radius 1 is 1.06 bits per heavy atom. The zero-order valence-electron chi connectivity index (χ0n) is 11.6. The first-order valence-corrected chi connectivity index (χ1v) is 6.76. The van der Waals surface area contributed by atoms with E-state index in [1.807, 2.05) is 13.8 Å². The highest BCUT2D eigenvalue weighted by atomic mass is 16.5. The van der Waals surface area contributed by atoms with Gasteiger partial charge in [-0.25, -0.2) is 0 Å². The van der Waals surface area contributed by atoms with Gasteiger partial charge in [-0.15, -0.1) is 0 Å². The fraction of sp³-hybridized carbons (Fsp3) is 1.00. The molecule has 4 nitrogen and oxygen atoms in total. The average molecular weight is 244 g/mol. The van der Waals surface area contributed by atoms with Crippen molar-refractivity contribution in [2.24, 2.45) is 0 Å². The summed E-state index contributed by atoms with van der Waals surface area (Å²) in [5.74, 6) is 0. The first-order chi connectivity index (χ1) is 8.01. The minimum Gasteiger partial charge on any atom is -0.389 e. The van der Waals surface area contributed by atoms with Gasteiger partial charge in [-0.2, -0.15) is 0 Å². The second-order valence-corrected chi connectivity index (χ2v) is 5.54. The fourth-order valence-electron chi connectivity index (χ4n) is 2.16. The largest absolute Gasteiger partial charge is 0.389 e. The molecule has 0 aliphatic carbocycles. The molecule has 0 bridgehead atoms. The molecule has 1 rings (SSSR count). The van der Waals surface area contributed by atoms with Gasteiger partial charge in [-0.05, 0) is 20.3 Å². The van der Waals surface area contributed by atoms with Crippen LogP contribution in [0, 0.1) is 0 Å². The van der Waals surface area contributed by atoms with Crippen LogP contribution in [0.15, 0.2) is 0 Å². The van der Waals surface area contributed by atoms with Crippen molar-refractivity contribution in [3.05, 3.63) is 0 Å². The van der Waals surface area contributed by atoms with Crippen molar-refractivity contribution in [1.82, 2.24) is 9.80 Å². The van der Waals surface area contributed by atoms with Gasteiger partial charge in [-0.1, -0.05) is 6.92 Å². The first kappa shape index (κ1) is 14.9. The molecule has 0 unspecified atom stereocenters. The summed E-state index contributed by atoms with van der Waals surface area (Å²) in [7, 11) is 0. The molecular weight excluding hydrogens is 216 g/mol. The van der Waals surface area contributed by atoms with Gasteiger partial charge in [-0.3, -0.25) is 9.80 Å². The zero-order chi connectivity index (χ0) is 12.7. The molecule has 1 N–H and O–H groups in total. The summed E-state index contributed by atoms with van der Waals surface area (Å²) >= 11 is 0. The number of piperazine rings is 1. The monoisotopic (exact) mass is 244 g/mol. The van der Waals surface area contributed by atoms with Crippen molar-refractivity contribution in [2.45, 2.75) is 32.8 Å². The lowest BCUT2D eigenvalue weighted by molar-refractivity contribution is 0.0126. The van der Waals surface area contributed by atoms with E-state index in [1.165, 1.54) is 0 Å². The van der Waals surface area contributed by atoms with Crippen molar-refractivity contribution in [1.29, 1.82) is 0 Å². The van der Waals surface area contributed by atoms with Crippen molar-refractivity contribution in [2.75, 3.05) is 52.5 Å². The van der Waals surface area contributed by atoms with E-state index >= 15 is 0 Å². The van der Waals surface area contributed by atoms with E-state index in [0.29, 0.717) is 0 Å². The van der Waals surface area contributed by atoms with E-state index in [4.69, 9.17) is 4.74 Å². The molecule has 0 radical (unpaired) electrons. The van der Waals surface area contributed by atoms with E-state index in [0.717, 1.165) is 58.9 Å². The SMILES string of the molecule is CCCOCCN1CCN(CC(C)(C)O)CC1. The summed E-state index contributed by atoms with van der Waals surface area (Å²) in [6, 6.07) is 0. The Morgan fingerprint density at radius 2 is 1.65 bits per heavy atom. The highest BCUT2D eigenvalue weighted by Crippen LogP contribution is 2.08. The maximum absolute atomic E-state index is 9.76. The lowest BCUT2D eigenvalue weighted by atomic mass is 10.1. The Hall–Kier alpha value is -0.160. The molecule has 0 aromatic rings. The Kier molecular flexibility index (Phi) is 6.41. The van der Waals surface area contributed by atoms with Crippen LogP contribution in [0.4, 0.5) is 0 Å². The molecule has 0 aromatic carbocycles. The maximum atomic E-state index is 9.76. The molecule has 0 saturated carbocycles. The average Bonchev–Trinajstić information content (AvgIpc) is 2.25. The lowest BCUT2D eigenvalue weighted by Gasteiger charge is -2.37. The Morgan fingerprint density at radius 3 is 2.18 bits per heavy atom. The highest BCUT2D eigenvalue weighted by molar-refractivity contribution is 4.77. The molecule has 102 valence electrons. The molecule has 4 heteroatoms. The molecule has 1 heterocycles. The Balaban J connectivity index is 2.09. The number of β-amino-alcohol motifs (C(OH)–C–C–N with tert-alkyl or cyclic N) is 1. The van der Waals surface area contributed by atoms with Gasteiger partial charge in [0.1, 0.15) is 0 Å². The van der Waals surface area contributed by atoms with Crippen LogP contribution in [0.2, 0.25) is 0 Å². The van der Waals surface area contributed by atoms with E-state index in [1.54, 1.807) is 0 Å². The van der Waals surface area contributed by atoms with Gasteiger partial charge < -0.3 is 9.84 Å². The molecule has 0 aromatic heterocycles. The van der Waals surface area contributed by atoms with Crippen LogP contribution < -0.4 is 0 Å². The molecular formula is C13H28N2O2. The van der Waals surface area contributed by atoms with Crippen LogP contribution in [-0.2, 0) is 4.74 Å². The molecule has 1 aliphatic rings. The molecule has 0 spiro atoms. The van der Waals surface area contributed by atoms with Crippen molar-refractivity contribution < 1.29 is 9.84 Å². The summed E-state index contributed by atoms with van der Waals surface area (Å²) in [4.78, 5) is 4.78. The van der Waals surface area contributed by atoms with Gasteiger partial charge in [0.25, 0.3) is 0 Å². The zero-order valence-corrected chi connectivity index (χ0v) is 11.6. The third-order valence-electron chi connectivity index (χ3n) is 2.98. The lowest BCUT2D eigenvalue weighted by Crippen LogP contribution is -2.51. The van der Waals surface area contributed by atoms with Crippen LogP contribution in [-0.4, -0.2) is 73.0 Å². The van der Waals surface area contributed by atoms with E-state index in [9.17, 15) is 5.11 Å². The van der Waals surface area contributed by atoms with Gasteiger partial charge in [0.05, 0.1) is 12.2 Å². The van der Waals surface area contributed by atoms with Crippen molar-refractivity contribution in [3.8, 4) is 0 Å². The second kappa shape index (κ2) is 7.31. The first-order valence-electron chi connectivity index (χ1n) is 6.76. The van der Waals surface area contributed by atoms with Crippen LogP contribution >= 0.6 is 0 Å². The number of ether oxygens (including phenoxy) is 1. The molecule has 0 amide bonds. The van der Waals surface area contributed by atoms with Crippen LogP contribution in [0.25, 0.3) is 0 Å². The Bertz CT molecular complexity index is 196. The van der Waals surface area contributed by atoms with Crippen LogP contribution in [0.3, 0.4) is 0 Å². The number of hydrogen-bond donors (Lipinski definition) is 1. The number of nitrogens with zero attached hydrogens (tertiary/aromatic N) is 2. The smallest absolute Gasteiger partial charge is 0.0718 e. The molecule has 0 atom stereocenters. The quantitative estimate of drug-likeness (QED) is 0.672. The maximum Gasteiger partial charge on any atom is 0.0718 e. The number of aliphatic hydroxyl groups is 1. The third kappa shape index (κ3) is 6.99. The Labute approximate surface area is 106 Å². The van der Waals surface area contributed by atoms with E-state index in [2.05, 4.69) is 16.7 Å². The minimum absolute atomic E-state index is 0.577. The summed E-state index contributed by atoms with van der Waals surface area (Å²) < 4.78 is 5.50. The fourth-order valence-corrected chi connectivity index (χ4v) is 2.16. The standard InChI is InChI=1S/C13H28N2O2/c1-4-10-17-11-9-14-5-7-15(8-6-14)12-13(2,3)16/h16H,4-12H2,1-3H3. The van der Waals surface area contributed by atoms with Gasteiger partial charge in [0.15, 0.2) is 0 Å². The van der Waals surface area contributed by atoms with Gasteiger partial charge >= 0.3 is 0 Å². The number of hydrogen-bond acceptors (Lipinski definition) is 4. The predicted molar refractivity (Wildman–Crippen MR) is 70.3 cm³/mol. The molecule has 1 fully saturated rings. The molecule has 1 aliphatic heterocycles. The summed E-state index contributed by atoms with van der Waals surface area (Å²) in [6.45, 7) is 13.7. The van der Waals surface area contributed by atoms with Crippen molar-refractivity contribution >= 4 is 0 Å². The molecule has 17 heavy (non-hydrogen) atoms. The molecule has 1 saturated heterocycles. The normalized spacial score (nSPS) is 19.8. The summed E-state index contributed by atoms with van der Waals surface area (Å²) in [6.07, 6.45) is 1.10. The topological polar surface area (TPSA) is 35.9 Å². The van der Waals surface area contributed by atoms with Crippen molar-refractivity contribution in [3.63, 3.8) is 0 Å². The number of rotatable bonds is 7. The predicted octanol–water partition coefficient (Wildman–Crippen LogP) is 0.802. The third-order valence-corrected chi connectivity index (χ3v) is 2.98. The second-order valence-electron chi connectivity index (χ2n) is 5.54. The minimum atomic E-state index is -0.577. The van der Waals surface area contributed by atoms with Crippen LogP contribution in [0.5, 0.6) is 0 Å². The van der Waals surface area contributed by atoms with E-state index in [-0.39, 0.29) is 0 Å². The highest BCUT2D eigenvalue weighted by Gasteiger charge is 2.22. The van der Waals surface area contributed by atoms with Crippen LogP contribution in [0.1, 0.15) is 27.2 Å². The van der Waals surface area contributed by atoms with E-state index < -0.39 is 5.60 Å².